The number of fused-ring (bicyclic) bond motifs is 1. The van der Waals surface area contributed by atoms with E-state index in [1.807, 2.05) is 6.07 Å². The molecule has 0 bridgehead atoms. The van der Waals surface area contributed by atoms with Crippen LogP contribution < -0.4 is 14.8 Å². The molecule has 0 fully saturated rings. The Kier molecular flexibility index (Phi) is 10.3. The molecule has 0 unspecified atom stereocenters. The van der Waals surface area contributed by atoms with Gasteiger partial charge < -0.3 is 19.4 Å². The fraction of sp³-hybridized carbons (Fsp3) is 0.375. The molecule has 0 atom stereocenters. The number of aromatic nitrogens is 2. The summed E-state index contributed by atoms with van der Waals surface area (Å²) in [5.74, 6) is 2.96. The van der Waals surface area contributed by atoms with Crippen molar-refractivity contribution in [2.24, 2.45) is 0 Å². The normalized spacial score (nSPS) is 11.2. The fourth-order valence-corrected chi connectivity index (χ4v) is 4.73. The molecule has 1 N–H and O–H groups in total. The maximum Gasteiger partial charge on any atom is 0.257 e. The highest BCUT2D eigenvalue weighted by molar-refractivity contribution is 6.30. The highest BCUT2D eigenvalue weighted by atomic mass is 35.5. The number of hydrogen-bond donors (Lipinski definition) is 1. The maximum absolute atomic E-state index is 12.1. The first kappa shape index (κ1) is 28.5. The van der Waals surface area contributed by atoms with Gasteiger partial charge in [0.2, 0.25) is 0 Å². The second-order valence-electron chi connectivity index (χ2n) is 10.1. The maximum atomic E-state index is 12.1. The molecule has 206 valence electrons. The molecular formula is C32H38ClN3O3. The number of unbranched alkanes of at least 4 members (excludes halogenated alkanes) is 2. The summed E-state index contributed by atoms with van der Waals surface area (Å²) in [5, 5.41) is 3.57. The SMILES string of the molecule is Cc1ccc(C(C)C)c(OCCn2c(CCCCCNC(=O)COc3ccc(Cl)cc3)nc3ccccc32)c1. The summed E-state index contributed by atoms with van der Waals surface area (Å²) in [4.78, 5) is 17.0. The van der Waals surface area contributed by atoms with Crippen molar-refractivity contribution in [3.8, 4) is 11.5 Å². The predicted octanol–water partition coefficient (Wildman–Crippen LogP) is 7.11. The second kappa shape index (κ2) is 14.0. The van der Waals surface area contributed by atoms with E-state index in [2.05, 4.69) is 67.1 Å². The molecule has 39 heavy (non-hydrogen) atoms. The van der Waals surface area contributed by atoms with Gasteiger partial charge in [-0.1, -0.05) is 56.1 Å². The van der Waals surface area contributed by atoms with Crippen molar-refractivity contribution in [2.75, 3.05) is 19.8 Å². The zero-order valence-electron chi connectivity index (χ0n) is 23.1. The number of halogens is 1. The van der Waals surface area contributed by atoms with Crippen molar-refractivity contribution in [1.82, 2.24) is 14.9 Å². The van der Waals surface area contributed by atoms with Crippen LogP contribution in [0.15, 0.2) is 66.7 Å². The standard InChI is InChI=1S/C32H38ClN3O3/c1-23(2)27-17-12-24(3)21-30(27)38-20-19-36-29-10-7-6-9-28(29)35-31(36)11-5-4-8-18-34-32(37)22-39-26-15-13-25(33)14-16-26/h6-7,9-10,12-17,21,23H,4-5,8,11,18-20,22H2,1-3H3,(H,34,37). The largest absolute Gasteiger partial charge is 0.491 e. The predicted molar refractivity (Wildman–Crippen MR) is 158 cm³/mol. The van der Waals surface area contributed by atoms with Crippen LogP contribution in [0.3, 0.4) is 0 Å². The first-order valence-corrected chi connectivity index (χ1v) is 14.1. The Morgan fingerprint density at radius 3 is 2.59 bits per heavy atom. The van der Waals surface area contributed by atoms with Gasteiger partial charge in [0, 0.05) is 18.0 Å². The van der Waals surface area contributed by atoms with Gasteiger partial charge in [0.25, 0.3) is 5.91 Å². The average molecular weight is 548 g/mol. The van der Waals surface area contributed by atoms with Crippen molar-refractivity contribution < 1.29 is 14.3 Å². The summed E-state index contributed by atoms with van der Waals surface area (Å²) >= 11 is 5.87. The number of para-hydroxylation sites is 2. The monoisotopic (exact) mass is 547 g/mol. The van der Waals surface area contributed by atoms with Gasteiger partial charge in [0.1, 0.15) is 23.9 Å². The molecule has 0 saturated carbocycles. The van der Waals surface area contributed by atoms with E-state index < -0.39 is 0 Å². The Bertz CT molecular complexity index is 1370. The number of hydrogen-bond acceptors (Lipinski definition) is 4. The number of aryl methyl sites for hydroxylation is 2. The van der Waals surface area contributed by atoms with Crippen molar-refractivity contribution in [1.29, 1.82) is 0 Å². The summed E-state index contributed by atoms with van der Waals surface area (Å²) in [6.45, 7) is 8.43. The van der Waals surface area contributed by atoms with Crippen LogP contribution in [-0.2, 0) is 17.8 Å². The minimum Gasteiger partial charge on any atom is -0.491 e. The molecule has 0 saturated heterocycles. The number of imidazole rings is 1. The van der Waals surface area contributed by atoms with E-state index in [0.29, 0.717) is 29.8 Å². The molecule has 0 aliphatic heterocycles. The van der Waals surface area contributed by atoms with Gasteiger partial charge >= 0.3 is 0 Å². The van der Waals surface area contributed by atoms with E-state index in [-0.39, 0.29) is 12.5 Å². The van der Waals surface area contributed by atoms with Crippen LogP contribution in [0.25, 0.3) is 11.0 Å². The zero-order valence-corrected chi connectivity index (χ0v) is 23.8. The van der Waals surface area contributed by atoms with E-state index in [1.165, 1.54) is 11.1 Å². The molecule has 4 aromatic rings. The highest BCUT2D eigenvalue weighted by Crippen LogP contribution is 2.28. The number of nitrogens with zero attached hydrogens (tertiary/aromatic N) is 2. The van der Waals surface area contributed by atoms with E-state index in [4.69, 9.17) is 26.1 Å². The molecule has 0 spiro atoms. The fourth-order valence-electron chi connectivity index (χ4n) is 4.60. The summed E-state index contributed by atoms with van der Waals surface area (Å²) in [7, 11) is 0. The lowest BCUT2D eigenvalue weighted by Crippen LogP contribution is -2.29. The summed E-state index contributed by atoms with van der Waals surface area (Å²) < 4.78 is 14.1. The van der Waals surface area contributed by atoms with Gasteiger partial charge in [-0.15, -0.1) is 0 Å². The molecule has 3 aromatic carbocycles. The van der Waals surface area contributed by atoms with Gasteiger partial charge in [-0.25, -0.2) is 4.98 Å². The van der Waals surface area contributed by atoms with Gasteiger partial charge in [0.15, 0.2) is 6.61 Å². The third-order valence-corrected chi connectivity index (χ3v) is 6.93. The molecule has 6 nitrogen and oxygen atoms in total. The average Bonchev–Trinajstić information content (AvgIpc) is 3.27. The Balaban J connectivity index is 1.24. The van der Waals surface area contributed by atoms with E-state index in [0.717, 1.165) is 54.8 Å². The summed E-state index contributed by atoms with van der Waals surface area (Å²) in [6.07, 6.45) is 3.78. The van der Waals surface area contributed by atoms with Crippen LogP contribution in [0, 0.1) is 6.92 Å². The topological polar surface area (TPSA) is 65.4 Å². The van der Waals surface area contributed by atoms with Crippen LogP contribution in [0.4, 0.5) is 0 Å². The van der Waals surface area contributed by atoms with Crippen molar-refractivity contribution in [2.45, 2.75) is 58.9 Å². The lowest BCUT2D eigenvalue weighted by Gasteiger charge is -2.16. The second-order valence-corrected chi connectivity index (χ2v) is 10.6. The molecular weight excluding hydrogens is 510 g/mol. The zero-order chi connectivity index (χ0) is 27.6. The first-order chi connectivity index (χ1) is 18.9. The third kappa shape index (κ3) is 8.24. The van der Waals surface area contributed by atoms with Crippen LogP contribution in [0.2, 0.25) is 5.02 Å². The molecule has 0 aliphatic rings. The van der Waals surface area contributed by atoms with E-state index in [9.17, 15) is 4.79 Å². The number of ether oxygens (including phenoxy) is 2. The Morgan fingerprint density at radius 1 is 1.00 bits per heavy atom. The van der Waals surface area contributed by atoms with Gasteiger partial charge in [0.05, 0.1) is 17.6 Å². The Hall–Kier alpha value is -3.51. The Morgan fingerprint density at radius 2 is 1.79 bits per heavy atom. The third-order valence-electron chi connectivity index (χ3n) is 6.68. The van der Waals surface area contributed by atoms with Crippen LogP contribution in [-0.4, -0.2) is 35.2 Å². The summed E-state index contributed by atoms with van der Waals surface area (Å²) in [5.41, 5.74) is 4.59. The van der Waals surface area contributed by atoms with Crippen molar-refractivity contribution in [3.05, 3.63) is 88.7 Å². The molecule has 1 heterocycles. The number of benzene rings is 3. The number of rotatable bonds is 14. The molecule has 1 aromatic heterocycles. The highest BCUT2D eigenvalue weighted by Gasteiger charge is 2.12. The lowest BCUT2D eigenvalue weighted by molar-refractivity contribution is -0.123. The van der Waals surface area contributed by atoms with Gasteiger partial charge in [-0.05, 0) is 79.3 Å². The molecule has 7 heteroatoms. The van der Waals surface area contributed by atoms with E-state index >= 15 is 0 Å². The minimum absolute atomic E-state index is 0.00502. The van der Waals surface area contributed by atoms with Crippen molar-refractivity contribution in [3.63, 3.8) is 0 Å². The van der Waals surface area contributed by atoms with Crippen LogP contribution >= 0.6 is 11.6 Å². The Labute approximate surface area is 236 Å². The smallest absolute Gasteiger partial charge is 0.257 e. The van der Waals surface area contributed by atoms with E-state index in [1.54, 1.807) is 24.3 Å². The lowest BCUT2D eigenvalue weighted by atomic mass is 10.0. The minimum atomic E-state index is -0.124. The van der Waals surface area contributed by atoms with Crippen LogP contribution in [0.5, 0.6) is 11.5 Å². The number of nitrogens with one attached hydrogen (secondary N) is 1. The molecule has 1 amide bonds. The molecule has 0 aliphatic carbocycles. The number of carbonyl (C=O) groups is 1. The first-order valence-electron chi connectivity index (χ1n) is 13.7. The van der Waals surface area contributed by atoms with Crippen LogP contribution in [0.1, 0.15) is 56.0 Å². The molecule has 0 radical (unpaired) electrons. The quantitative estimate of drug-likeness (QED) is 0.171. The van der Waals surface area contributed by atoms with Crippen molar-refractivity contribution >= 4 is 28.5 Å². The number of amides is 1. The molecule has 4 rings (SSSR count). The van der Waals surface area contributed by atoms with Gasteiger partial charge in [-0.3, -0.25) is 4.79 Å². The van der Waals surface area contributed by atoms with Gasteiger partial charge in [-0.2, -0.15) is 0 Å². The number of carbonyl (C=O) groups excluding carboxylic acids is 1. The summed E-state index contributed by atoms with van der Waals surface area (Å²) in [6, 6.07) is 21.7.